The summed E-state index contributed by atoms with van der Waals surface area (Å²) in [5.74, 6) is 1.50. The molecule has 2 unspecified atom stereocenters. The largest absolute Gasteiger partial charge is 0.341 e. The summed E-state index contributed by atoms with van der Waals surface area (Å²) in [6, 6.07) is 19.3. The van der Waals surface area contributed by atoms with Gasteiger partial charge in [-0.25, -0.2) is 0 Å². The third kappa shape index (κ3) is 5.70. The summed E-state index contributed by atoms with van der Waals surface area (Å²) < 4.78 is 0. The number of carbonyl (C=O) groups excluding carboxylic acids is 1. The van der Waals surface area contributed by atoms with E-state index in [0.717, 1.165) is 32.5 Å². The van der Waals surface area contributed by atoms with Gasteiger partial charge in [0.25, 0.3) is 0 Å². The molecular weight excluding hydrogens is 356 g/mol. The molecule has 29 heavy (non-hydrogen) atoms. The maximum Gasteiger partial charge on any atom is 0.239 e. The van der Waals surface area contributed by atoms with E-state index < -0.39 is 0 Å². The van der Waals surface area contributed by atoms with Crippen molar-refractivity contribution in [1.29, 1.82) is 0 Å². The molecule has 0 spiro atoms. The molecule has 0 aromatic heterocycles. The first-order valence-electron chi connectivity index (χ1n) is 11.1. The topological polar surface area (TPSA) is 32.3 Å². The van der Waals surface area contributed by atoms with Crippen LogP contribution in [-0.2, 0) is 4.79 Å². The minimum absolute atomic E-state index is 0.114. The fourth-order valence-electron chi connectivity index (χ4n) is 4.28. The summed E-state index contributed by atoms with van der Waals surface area (Å²) in [5.41, 5.74) is 4.03. The first kappa shape index (κ1) is 21.6. The van der Waals surface area contributed by atoms with Crippen LogP contribution in [0.3, 0.4) is 0 Å². The monoisotopic (exact) mass is 392 g/mol. The maximum absolute atomic E-state index is 13.2. The first-order valence-corrected chi connectivity index (χ1v) is 11.1. The predicted octanol–water partition coefficient (Wildman–Crippen LogP) is 5.12. The van der Waals surface area contributed by atoms with Gasteiger partial charge in [-0.3, -0.25) is 4.79 Å². The highest BCUT2D eigenvalue weighted by Crippen LogP contribution is 2.29. The van der Waals surface area contributed by atoms with E-state index in [1.54, 1.807) is 0 Å². The Morgan fingerprint density at radius 2 is 1.62 bits per heavy atom. The van der Waals surface area contributed by atoms with Gasteiger partial charge in [0, 0.05) is 19.6 Å². The lowest BCUT2D eigenvalue weighted by atomic mass is 9.88. The lowest BCUT2D eigenvalue weighted by Crippen LogP contribution is -2.51. The quantitative estimate of drug-likeness (QED) is 0.709. The minimum atomic E-state index is -0.114. The maximum atomic E-state index is 13.2. The Hall–Kier alpha value is -2.13. The molecule has 1 aliphatic rings. The molecule has 2 aromatic carbocycles. The minimum Gasteiger partial charge on any atom is -0.341 e. The first-order chi connectivity index (χ1) is 14.0. The molecule has 1 amide bonds. The zero-order chi connectivity index (χ0) is 20.8. The number of likely N-dealkylation sites (tertiary alicyclic amines) is 1. The molecule has 1 aliphatic heterocycles. The van der Waals surface area contributed by atoms with Gasteiger partial charge in [-0.15, -0.1) is 0 Å². The predicted molar refractivity (Wildman–Crippen MR) is 121 cm³/mol. The highest BCUT2D eigenvalue weighted by Gasteiger charge is 2.30. The fraction of sp³-hybridized carbons (Fsp3) is 0.500. The van der Waals surface area contributed by atoms with E-state index in [-0.39, 0.29) is 17.9 Å². The molecule has 1 N–H and O–H groups in total. The standard InChI is InChI=1S/C26H36N2O/c1-19(2)25(27-18-21(4)22-8-6-5-7-9-22)26(29)28-16-14-24(15-17-28)23-12-10-20(3)11-13-23/h5-13,19,21,24-25,27H,14-18H2,1-4H3. The Morgan fingerprint density at radius 1 is 1.00 bits per heavy atom. The number of hydrogen-bond donors (Lipinski definition) is 1. The third-order valence-corrected chi connectivity index (χ3v) is 6.30. The molecule has 0 bridgehead atoms. The van der Waals surface area contributed by atoms with Crippen LogP contribution in [-0.4, -0.2) is 36.5 Å². The zero-order valence-electron chi connectivity index (χ0n) is 18.4. The highest BCUT2D eigenvalue weighted by molar-refractivity contribution is 5.82. The molecular formula is C26H36N2O. The number of nitrogens with one attached hydrogen (secondary N) is 1. The molecule has 3 nitrogen and oxygen atoms in total. The van der Waals surface area contributed by atoms with Crippen molar-refractivity contribution in [2.24, 2.45) is 5.92 Å². The lowest BCUT2D eigenvalue weighted by molar-refractivity contribution is -0.135. The second kappa shape index (κ2) is 10.1. The second-order valence-corrected chi connectivity index (χ2v) is 8.95. The average Bonchev–Trinajstić information content (AvgIpc) is 2.74. The van der Waals surface area contributed by atoms with E-state index in [9.17, 15) is 4.79 Å². The summed E-state index contributed by atoms with van der Waals surface area (Å²) in [4.78, 5) is 15.3. The van der Waals surface area contributed by atoms with E-state index in [1.807, 2.05) is 6.07 Å². The van der Waals surface area contributed by atoms with Gasteiger partial charge in [0.15, 0.2) is 0 Å². The van der Waals surface area contributed by atoms with Gasteiger partial charge in [-0.05, 0) is 48.6 Å². The van der Waals surface area contributed by atoms with Gasteiger partial charge in [0.05, 0.1) is 6.04 Å². The van der Waals surface area contributed by atoms with Crippen LogP contribution in [0.25, 0.3) is 0 Å². The molecule has 0 radical (unpaired) electrons. The third-order valence-electron chi connectivity index (χ3n) is 6.30. The zero-order valence-corrected chi connectivity index (χ0v) is 18.4. The summed E-state index contributed by atoms with van der Waals surface area (Å²) in [7, 11) is 0. The number of rotatable bonds is 7. The van der Waals surface area contributed by atoms with Crippen molar-refractivity contribution in [3.05, 3.63) is 71.3 Å². The summed E-state index contributed by atoms with van der Waals surface area (Å²) in [5, 5.41) is 3.57. The fourth-order valence-corrected chi connectivity index (χ4v) is 4.28. The van der Waals surface area contributed by atoms with Gasteiger partial charge in [0.2, 0.25) is 5.91 Å². The van der Waals surface area contributed by atoms with Gasteiger partial charge >= 0.3 is 0 Å². The molecule has 0 saturated carbocycles. The highest BCUT2D eigenvalue weighted by atomic mass is 16.2. The smallest absolute Gasteiger partial charge is 0.239 e. The van der Waals surface area contributed by atoms with Crippen molar-refractivity contribution in [3.8, 4) is 0 Å². The van der Waals surface area contributed by atoms with Crippen LogP contribution in [0.5, 0.6) is 0 Å². The lowest BCUT2D eigenvalue weighted by Gasteiger charge is -2.36. The van der Waals surface area contributed by atoms with Crippen molar-refractivity contribution < 1.29 is 4.79 Å². The van der Waals surface area contributed by atoms with E-state index in [2.05, 4.69) is 86.4 Å². The molecule has 0 aliphatic carbocycles. The number of benzene rings is 2. The van der Waals surface area contributed by atoms with Crippen molar-refractivity contribution in [2.45, 2.75) is 58.4 Å². The van der Waals surface area contributed by atoms with Crippen LogP contribution in [0.1, 0.15) is 62.1 Å². The van der Waals surface area contributed by atoms with Crippen LogP contribution in [0.4, 0.5) is 0 Å². The number of hydrogen-bond acceptors (Lipinski definition) is 2. The SMILES string of the molecule is Cc1ccc(C2CCN(C(=O)C(NCC(C)c3ccccc3)C(C)C)CC2)cc1. The van der Waals surface area contributed by atoms with Gasteiger partial charge < -0.3 is 10.2 Å². The molecule has 3 heteroatoms. The van der Waals surface area contributed by atoms with E-state index in [4.69, 9.17) is 0 Å². The normalized spacial score (nSPS) is 17.3. The number of aryl methyl sites for hydroxylation is 1. The summed E-state index contributed by atoms with van der Waals surface area (Å²) in [6.07, 6.45) is 2.11. The number of amides is 1. The van der Waals surface area contributed by atoms with Crippen molar-refractivity contribution in [2.75, 3.05) is 19.6 Å². The van der Waals surface area contributed by atoms with Gasteiger partial charge in [0.1, 0.15) is 0 Å². The second-order valence-electron chi connectivity index (χ2n) is 8.95. The van der Waals surface area contributed by atoms with Crippen LogP contribution < -0.4 is 5.32 Å². The van der Waals surface area contributed by atoms with E-state index in [0.29, 0.717) is 11.8 Å². The molecule has 1 saturated heterocycles. The molecule has 1 fully saturated rings. The molecule has 2 atom stereocenters. The Balaban J connectivity index is 1.55. The average molecular weight is 393 g/mol. The van der Waals surface area contributed by atoms with Crippen molar-refractivity contribution in [1.82, 2.24) is 10.2 Å². The summed E-state index contributed by atoms with van der Waals surface area (Å²) >= 11 is 0. The van der Waals surface area contributed by atoms with Crippen LogP contribution >= 0.6 is 0 Å². The molecule has 3 rings (SSSR count). The Labute approximate surface area is 176 Å². The van der Waals surface area contributed by atoms with Gasteiger partial charge in [-0.2, -0.15) is 0 Å². The molecule has 156 valence electrons. The van der Waals surface area contributed by atoms with Crippen molar-refractivity contribution in [3.63, 3.8) is 0 Å². The molecule has 2 aromatic rings. The van der Waals surface area contributed by atoms with Crippen LogP contribution in [0.2, 0.25) is 0 Å². The van der Waals surface area contributed by atoms with Gasteiger partial charge in [-0.1, -0.05) is 80.9 Å². The van der Waals surface area contributed by atoms with Crippen LogP contribution in [0.15, 0.2) is 54.6 Å². The van der Waals surface area contributed by atoms with E-state index in [1.165, 1.54) is 16.7 Å². The van der Waals surface area contributed by atoms with Crippen molar-refractivity contribution >= 4 is 5.91 Å². The Morgan fingerprint density at radius 3 is 2.21 bits per heavy atom. The Kier molecular flexibility index (Phi) is 7.49. The molecule has 1 heterocycles. The Bertz CT molecular complexity index is 761. The number of piperidine rings is 1. The summed E-state index contributed by atoms with van der Waals surface area (Å²) in [6.45, 7) is 11.2. The van der Waals surface area contributed by atoms with E-state index >= 15 is 0 Å². The number of carbonyl (C=O) groups is 1. The number of nitrogens with zero attached hydrogens (tertiary/aromatic N) is 1. The van der Waals surface area contributed by atoms with Crippen LogP contribution in [0, 0.1) is 12.8 Å².